The molecule has 3 nitrogen and oxygen atoms in total. The number of likely N-dealkylation sites (N-methyl/N-ethyl adjacent to an activating group) is 1. The Bertz CT molecular complexity index is 309. The van der Waals surface area contributed by atoms with Crippen molar-refractivity contribution in [3.63, 3.8) is 0 Å². The molecule has 2 saturated heterocycles. The van der Waals surface area contributed by atoms with Crippen molar-refractivity contribution in [3.8, 4) is 0 Å². The number of hydrogen-bond acceptors (Lipinski definition) is 3. The molecular weight excluding hydrogens is 234 g/mol. The normalized spacial score (nSPS) is 35.2. The molecular formula is C16H31N3. The van der Waals surface area contributed by atoms with Crippen molar-refractivity contribution in [3.05, 3.63) is 0 Å². The first-order valence-corrected chi connectivity index (χ1v) is 8.25. The van der Waals surface area contributed by atoms with Crippen LogP contribution in [0.2, 0.25) is 0 Å². The molecule has 0 aromatic rings. The van der Waals surface area contributed by atoms with Crippen molar-refractivity contribution in [1.82, 2.24) is 14.7 Å². The smallest absolute Gasteiger partial charge is 0.0356 e. The van der Waals surface area contributed by atoms with Gasteiger partial charge in [0, 0.05) is 50.3 Å². The number of nitrogens with zero attached hydrogens (tertiary/aromatic N) is 3. The van der Waals surface area contributed by atoms with Gasteiger partial charge in [0.15, 0.2) is 0 Å². The summed E-state index contributed by atoms with van der Waals surface area (Å²) >= 11 is 0. The molecule has 2 aliphatic heterocycles. The van der Waals surface area contributed by atoms with Gasteiger partial charge < -0.3 is 4.90 Å². The van der Waals surface area contributed by atoms with Crippen LogP contribution < -0.4 is 0 Å². The molecule has 1 atom stereocenters. The molecule has 0 bridgehead atoms. The maximum Gasteiger partial charge on any atom is 0.0356 e. The van der Waals surface area contributed by atoms with Crippen molar-refractivity contribution in [2.45, 2.75) is 63.6 Å². The average molecular weight is 265 g/mol. The Morgan fingerprint density at radius 2 is 1.63 bits per heavy atom. The van der Waals surface area contributed by atoms with Crippen molar-refractivity contribution < 1.29 is 0 Å². The topological polar surface area (TPSA) is 9.72 Å². The Balaban J connectivity index is 1.65. The second-order valence-corrected chi connectivity index (χ2v) is 7.64. The molecule has 0 spiro atoms. The van der Waals surface area contributed by atoms with Gasteiger partial charge in [-0.25, -0.2) is 0 Å². The Labute approximate surface area is 118 Å². The fourth-order valence-corrected chi connectivity index (χ4v) is 4.79. The lowest BCUT2D eigenvalue weighted by Crippen LogP contribution is -2.69. The summed E-state index contributed by atoms with van der Waals surface area (Å²) in [4.78, 5) is 8.13. The molecule has 1 aliphatic carbocycles. The van der Waals surface area contributed by atoms with E-state index in [2.05, 4.69) is 35.6 Å². The highest BCUT2D eigenvalue weighted by Gasteiger charge is 2.42. The predicted octanol–water partition coefficient (Wildman–Crippen LogP) is 2.03. The van der Waals surface area contributed by atoms with Gasteiger partial charge in [-0.15, -0.1) is 0 Å². The van der Waals surface area contributed by atoms with Crippen LogP contribution in [-0.4, -0.2) is 72.1 Å². The van der Waals surface area contributed by atoms with Crippen LogP contribution in [0, 0.1) is 0 Å². The van der Waals surface area contributed by atoms with Gasteiger partial charge in [0.1, 0.15) is 0 Å². The van der Waals surface area contributed by atoms with Gasteiger partial charge in [0.25, 0.3) is 0 Å². The molecule has 2 heterocycles. The van der Waals surface area contributed by atoms with Gasteiger partial charge in [-0.2, -0.15) is 0 Å². The molecule has 0 amide bonds. The summed E-state index contributed by atoms with van der Waals surface area (Å²) in [6.07, 6.45) is 7.29. The zero-order chi connectivity index (χ0) is 13.5. The van der Waals surface area contributed by atoms with Crippen molar-refractivity contribution in [2.24, 2.45) is 0 Å². The minimum absolute atomic E-state index is 0.357. The third-order valence-corrected chi connectivity index (χ3v) is 5.56. The highest BCUT2D eigenvalue weighted by molar-refractivity contribution is 4.99. The second kappa shape index (κ2) is 5.34. The zero-order valence-corrected chi connectivity index (χ0v) is 13.1. The van der Waals surface area contributed by atoms with E-state index < -0.39 is 0 Å². The largest absolute Gasteiger partial charge is 0.303 e. The third-order valence-electron chi connectivity index (χ3n) is 5.56. The van der Waals surface area contributed by atoms with E-state index in [-0.39, 0.29) is 0 Å². The van der Waals surface area contributed by atoms with E-state index in [0.29, 0.717) is 5.54 Å². The molecule has 3 rings (SSSR count). The van der Waals surface area contributed by atoms with E-state index >= 15 is 0 Å². The summed E-state index contributed by atoms with van der Waals surface area (Å²) in [5.41, 5.74) is 0.357. The molecule has 3 heteroatoms. The first-order valence-electron chi connectivity index (χ1n) is 8.25. The fraction of sp³-hybridized carbons (Fsp3) is 1.00. The maximum atomic E-state index is 2.82. The van der Waals surface area contributed by atoms with Crippen LogP contribution in [0.1, 0.15) is 46.0 Å². The molecule has 0 aromatic heterocycles. The van der Waals surface area contributed by atoms with E-state index in [4.69, 9.17) is 0 Å². The molecule has 0 radical (unpaired) electrons. The van der Waals surface area contributed by atoms with E-state index in [1.807, 2.05) is 0 Å². The van der Waals surface area contributed by atoms with Crippen molar-refractivity contribution in [1.29, 1.82) is 0 Å². The minimum Gasteiger partial charge on any atom is -0.303 e. The Morgan fingerprint density at radius 3 is 2.37 bits per heavy atom. The lowest BCUT2D eigenvalue weighted by atomic mass is 9.90. The van der Waals surface area contributed by atoms with Crippen molar-refractivity contribution >= 4 is 0 Å². The van der Waals surface area contributed by atoms with Crippen LogP contribution in [-0.2, 0) is 0 Å². The summed E-state index contributed by atoms with van der Waals surface area (Å²) < 4.78 is 0. The van der Waals surface area contributed by atoms with Crippen LogP contribution in [0.15, 0.2) is 0 Å². The van der Waals surface area contributed by atoms with E-state index in [1.54, 1.807) is 0 Å². The fourth-order valence-electron chi connectivity index (χ4n) is 4.79. The van der Waals surface area contributed by atoms with E-state index in [0.717, 1.165) is 12.1 Å². The molecule has 3 aliphatic rings. The summed E-state index contributed by atoms with van der Waals surface area (Å²) in [6, 6.07) is 1.65. The summed E-state index contributed by atoms with van der Waals surface area (Å²) in [5, 5.41) is 0. The first-order chi connectivity index (χ1) is 9.06. The molecule has 0 N–H and O–H groups in total. The van der Waals surface area contributed by atoms with Gasteiger partial charge in [-0.1, -0.05) is 19.3 Å². The van der Waals surface area contributed by atoms with E-state index in [1.165, 1.54) is 64.8 Å². The van der Waals surface area contributed by atoms with Gasteiger partial charge in [0.2, 0.25) is 0 Å². The number of hydrogen-bond donors (Lipinski definition) is 0. The molecule has 19 heavy (non-hydrogen) atoms. The first kappa shape index (κ1) is 13.8. The molecule has 110 valence electrons. The Hall–Kier alpha value is -0.120. The minimum atomic E-state index is 0.357. The molecule has 0 unspecified atom stereocenters. The maximum absolute atomic E-state index is 2.82. The van der Waals surface area contributed by atoms with Gasteiger partial charge in [-0.05, 0) is 33.7 Å². The zero-order valence-electron chi connectivity index (χ0n) is 13.1. The lowest BCUT2D eigenvalue weighted by Gasteiger charge is -2.56. The quantitative estimate of drug-likeness (QED) is 0.718. The highest BCUT2D eigenvalue weighted by atomic mass is 15.4. The van der Waals surface area contributed by atoms with Gasteiger partial charge >= 0.3 is 0 Å². The number of fused-ring (bicyclic) bond motifs is 1. The second-order valence-electron chi connectivity index (χ2n) is 7.64. The average Bonchev–Trinajstić information content (AvgIpc) is 2.38. The highest BCUT2D eigenvalue weighted by Crippen LogP contribution is 2.30. The molecule has 1 saturated carbocycles. The number of rotatable bonds is 1. The lowest BCUT2D eigenvalue weighted by molar-refractivity contribution is -0.0688. The third kappa shape index (κ3) is 2.84. The summed E-state index contributed by atoms with van der Waals surface area (Å²) in [7, 11) is 2.29. The summed E-state index contributed by atoms with van der Waals surface area (Å²) in [5.74, 6) is 0. The van der Waals surface area contributed by atoms with Gasteiger partial charge in [-0.3, -0.25) is 9.80 Å². The predicted molar refractivity (Wildman–Crippen MR) is 80.5 cm³/mol. The molecule has 0 aromatic carbocycles. The van der Waals surface area contributed by atoms with Crippen LogP contribution in [0.5, 0.6) is 0 Å². The van der Waals surface area contributed by atoms with Crippen molar-refractivity contribution in [2.75, 3.05) is 39.8 Å². The van der Waals surface area contributed by atoms with Crippen LogP contribution in [0.3, 0.4) is 0 Å². The van der Waals surface area contributed by atoms with Gasteiger partial charge in [0.05, 0.1) is 0 Å². The van der Waals surface area contributed by atoms with E-state index in [9.17, 15) is 0 Å². The SMILES string of the molecule is CN1C[C@@H]2CN(C3CCCCC3)CCN2C(C)(C)C1. The Kier molecular flexibility index (Phi) is 3.89. The summed E-state index contributed by atoms with van der Waals surface area (Å²) in [6.45, 7) is 11.2. The van der Waals surface area contributed by atoms with Crippen LogP contribution >= 0.6 is 0 Å². The van der Waals surface area contributed by atoms with Crippen LogP contribution in [0.25, 0.3) is 0 Å². The number of piperazine rings is 2. The molecule has 3 fully saturated rings. The standard InChI is InChI=1S/C16H31N3/c1-16(2)13-17(3)11-15-12-18(9-10-19(15)16)14-7-5-4-6-8-14/h14-15H,4-13H2,1-3H3/t15-/m1/s1. The van der Waals surface area contributed by atoms with Crippen LogP contribution in [0.4, 0.5) is 0 Å². The Morgan fingerprint density at radius 1 is 0.895 bits per heavy atom. The monoisotopic (exact) mass is 265 g/mol.